The molecule has 1 saturated heterocycles. The highest BCUT2D eigenvalue weighted by Crippen LogP contribution is 2.25. The number of thiophene rings is 1. The van der Waals surface area contributed by atoms with Gasteiger partial charge in [0, 0.05) is 18.8 Å². The number of rotatable bonds is 4. The van der Waals surface area contributed by atoms with E-state index in [0.717, 1.165) is 12.8 Å². The Balaban J connectivity index is 1.71. The van der Waals surface area contributed by atoms with E-state index in [9.17, 15) is 8.42 Å². The molecule has 0 saturated carbocycles. The minimum Gasteiger partial charge on any atom is -0.473 e. The van der Waals surface area contributed by atoms with Crippen molar-refractivity contribution in [3.8, 4) is 5.88 Å². The Kier molecular flexibility index (Phi) is 4.18. The van der Waals surface area contributed by atoms with Crippen LogP contribution in [0.4, 0.5) is 0 Å². The van der Waals surface area contributed by atoms with E-state index < -0.39 is 10.0 Å². The molecular formula is C13H15N3O3S2. The van der Waals surface area contributed by atoms with E-state index in [-0.39, 0.29) is 6.10 Å². The van der Waals surface area contributed by atoms with Gasteiger partial charge >= 0.3 is 0 Å². The van der Waals surface area contributed by atoms with Crippen molar-refractivity contribution in [2.24, 2.45) is 0 Å². The third-order valence-electron chi connectivity index (χ3n) is 3.27. The maximum absolute atomic E-state index is 12.5. The van der Waals surface area contributed by atoms with Crippen LogP contribution in [0.5, 0.6) is 5.88 Å². The van der Waals surface area contributed by atoms with Crippen LogP contribution in [0.3, 0.4) is 0 Å². The second kappa shape index (κ2) is 6.08. The molecule has 1 fully saturated rings. The van der Waals surface area contributed by atoms with Gasteiger partial charge in [-0.3, -0.25) is 0 Å². The zero-order valence-electron chi connectivity index (χ0n) is 11.3. The van der Waals surface area contributed by atoms with Crippen molar-refractivity contribution in [3.63, 3.8) is 0 Å². The molecule has 0 spiro atoms. The maximum Gasteiger partial charge on any atom is 0.252 e. The van der Waals surface area contributed by atoms with Gasteiger partial charge in [-0.2, -0.15) is 4.31 Å². The Morgan fingerprint density at radius 1 is 1.38 bits per heavy atom. The molecule has 3 rings (SSSR count). The third kappa shape index (κ3) is 3.22. The maximum atomic E-state index is 12.5. The van der Waals surface area contributed by atoms with E-state index in [1.54, 1.807) is 29.8 Å². The van der Waals surface area contributed by atoms with Crippen LogP contribution < -0.4 is 4.74 Å². The predicted octanol–water partition coefficient (Wildman–Crippen LogP) is 1.77. The normalized spacial score (nSPS) is 20.3. The summed E-state index contributed by atoms with van der Waals surface area (Å²) in [6.07, 6.45) is 4.44. The van der Waals surface area contributed by atoms with Gasteiger partial charge < -0.3 is 4.74 Å². The number of hydrogen-bond donors (Lipinski definition) is 0. The molecule has 0 radical (unpaired) electrons. The molecule has 1 aliphatic rings. The molecule has 1 atom stereocenters. The van der Waals surface area contributed by atoms with Gasteiger partial charge in [0.25, 0.3) is 10.0 Å². The van der Waals surface area contributed by atoms with Crippen molar-refractivity contribution in [1.82, 2.24) is 14.3 Å². The zero-order chi connectivity index (χ0) is 14.7. The molecular weight excluding hydrogens is 310 g/mol. The van der Waals surface area contributed by atoms with Crippen LogP contribution in [0.25, 0.3) is 0 Å². The van der Waals surface area contributed by atoms with Crippen LogP contribution in [0.1, 0.15) is 12.8 Å². The Morgan fingerprint density at radius 2 is 2.29 bits per heavy atom. The first kappa shape index (κ1) is 14.4. The Hall–Kier alpha value is -1.51. The monoisotopic (exact) mass is 325 g/mol. The molecule has 112 valence electrons. The zero-order valence-corrected chi connectivity index (χ0v) is 12.9. The van der Waals surface area contributed by atoms with Crippen LogP contribution in [0.15, 0.2) is 40.3 Å². The molecule has 2 aromatic heterocycles. The topological polar surface area (TPSA) is 72.4 Å². The minimum atomic E-state index is -3.40. The third-order valence-corrected chi connectivity index (χ3v) is 6.51. The lowest BCUT2D eigenvalue weighted by atomic mass is 10.1. The molecule has 0 bridgehead atoms. The van der Waals surface area contributed by atoms with Crippen molar-refractivity contribution in [2.75, 3.05) is 13.1 Å². The van der Waals surface area contributed by atoms with Crippen LogP contribution in [0.2, 0.25) is 0 Å². The van der Waals surface area contributed by atoms with E-state index in [4.69, 9.17) is 4.74 Å². The van der Waals surface area contributed by atoms with E-state index in [0.29, 0.717) is 23.2 Å². The SMILES string of the molecule is O=S(=O)(c1cccs1)N1CCC[C@@H](Oc2ccncn2)C1. The number of nitrogens with zero attached hydrogens (tertiary/aromatic N) is 3. The number of ether oxygens (including phenoxy) is 1. The predicted molar refractivity (Wildman–Crippen MR) is 78.8 cm³/mol. The number of sulfonamides is 1. The summed E-state index contributed by atoms with van der Waals surface area (Å²) in [5.74, 6) is 0.477. The smallest absolute Gasteiger partial charge is 0.252 e. The Bertz CT molecular complexity index is 674. The summed E-state index contributed by atoms with van der Waals surface area (Å²) in [7, 11) is -3.40. The van der Waals surface area contributed by atoms with E-state index >= 15 is 0 Å². The molecule has 0 aliphatic carbocycles. The van der Waals surface area contributed by atoms with Crippen molar-refractivity contribution >= 4 is 21.4 Å². The fourth-order valence-corrected chi connectivity index (χ4v) is 4.93. The van der Waals surface area contributed by atoms with Gasteiger partial charge in [-0.1, -0.05) is 6.07 Å². The molecule has 6 nitrogen and oxygen atoms in total. The second-order valence-corrected chi connectivity index (χ2v) is 7.84. The largest absolute Gasteiger partial charge is 0.473 e. The van der Waals surface area contributed by atoms with Gasteiger partial charge in [0.05, 0.1) is 6.54 Å². The van der Waals surface area contributed by atoms with E-state index in [1.807, 2.05) is 0 Å². The lowest BCUT2D eigenvalue weighted by Crippen LogP contribution is -2.44. The van der Waals surface area contributed by atoms with Crippen LogP contribution in [-0.4, -0.2) is 41.9 Å². The fourth-order valence-electron chi connectivity index (χ4n) is 2.28. The standard InChI is InChI=1S/C13H15N3O3S2/c17-21(18,13-4-2-8-20-13)16-7-1-3-11(9-16)19-12-5-6-14-10-15-12/h2,4-6,8,10-11H,1,3,7,9H2/t11-/m1/s1. The van der Waals surface area contributed by atoms with Crippen LogP contribution >= 0.6 is 11.3 Å². The summed E-state index contributed by atoms with van der Waals surface area (Å²) in [5, 5.41) is 1.77. The van der Waals surface area contributed by atoms with E-state index in [1.165, 1.54) is 22.0 Å². The lowest BCUT2D eigenvalue weighted by molar-refractivity contribution is 0.124. The molecule has 21 heavy (non-hydrogen) atoms. The summed E-state index contributed by atoms with van der Waals surface area (Å²) in [5.41, 5.74) is 0. The first-order valence-electron chi connectivity index (χ1n) is 6.62. The number of piperidine rings is 1. The summed E-state index contributed by atoms with van der Waals surface area (Å²) in [4.78, 5) is 7.84. The molecule has 0 N–H and O–H groups in total. The number of hydrogen-bond acceptors (Lipinski definition) is 6. The van der Waals surface area contributed by atoms with Crippen molar-refractivity contribution in [1.29, 1.82) is 0 Å². The van der Waals surface area contributed by atoms with E-state index in [2.05, 4.69) is 9.97 Å². The molecule has 3 heterocycles. The average molecular weight is 325 g/mol. The van der Waals surface area contributed by atoms with Gasteiger partial charge in [0.15, 0.2) is 0 Å². The summed E-state index contributed by atoms with van der Waals surface area (Å²) in [6, 6.07) is 5.05. The average Bonchev–Trinajstić information content (AvgIpc) is 3.04. The summed E-state index contributed by atoms with van der Waals surface area (Å²) >= 11 is 1.24. The van der Waals surface area contributed by atoms with Crippen molar-refractivity contribution in [2.45, 2.75) is 23.2 Å². The first-order chi connectivity index (χ1) is 10.2. The first-order valence-corrected chi connectivity index (χ1v) is 8.94. The lowest BCUT2D eigenvalue weighted by Gasteiger charge is -2.31. The molecule has 0 aromatic carbocycles. The highest BCUT2D eigenvalue weighted by Gasteiger charge is 2.31. The highest BCUT2D eigenvalue weighted by molar-refractivity contribution is 7.91. The minimum absolute atomic E-state index is 0.177. The molecule has 0 unspecified atom stereocenters. The molecule has 8 heteroatoms. The fraction of sp³-hybridized carbons (Fsp3) is 0.385. The van der Waals surface area contributed by atoms with Crippen molar-refractivity contribution < 1.29 is 13.2 Å². The van der Waals surface area contributed by atoms with Gasteiger partial charge in [0.2, 0.25) is 5.88 Å². The van der Waals surface area contributed by atoms with Gasteiger partial charge in [0.1, 0.15) is 16.6 Å². The summed E-state index contributed by atoms with van der Waals surface area (Å²) in [6.45, 7) is 0.883. The van der Waals surface area contributed by atoms with Crippen LogP contribution in [0, 0.1) is 0 Å². The van der Waals surface area contributed by atoms with Crippen molar-refractivity contribution in [3.05, 3.63) is 36.1 Å². The summed E-state index contributed by atoms with van der Waals surface area (Å²) < 4.78 is 32.6. The number of aromatic nitrogens is 2. The highest BCUT2D eigenvalue weighted by atomic mass is 32.2. The van der Waals surface area contributed by atoms with Gasteiger partial charge in [-0.25, -0.2) is 18.4 Å². The second-order valence-electron chi connectivity index (χ2n) is 4.72. The van der Waals surface area contributed by atoms with Gasteiger partial charge in [-0.15, -0.1) is 11.3 Å². The molecule has 1 aliphatic heterocycles. The van der Waals surface area contributed by atoms with Crippen LogP contribution in [-0.2, 0) is 10.0 Å². The Labute approximate surface area is 127 Å². The molecule has 0 amide bonds. The quantitative estimate of drug-likeness (QED) is 0.856. The van der Waals surface area contributed by atoms with Gasteiger partial charge in [-0.05, 0) is 24.3 Å². The molecule has 2 aromatic rings. The Morgan fingerprint density at radius 3 is 3.00 bits per heavy atom.